The largest absolute Gasteiger partial charge is 0.342 e. The highest BCUT2D eigenvalue weighted by molar-refractivity contribution is 8.00. The Morgan fingerprint density at radius 2 is 1.62 bits per heavy atom. The van der Waals surface area contributed by atoms with Crippen LogP contribution in [0.4, 0.5) is 0 Å². The van der Waals surface area contributed by atoms with Gasteiger partial charge in [0, 0.05) is 36.7 Å². The second kappa shape index (κ2) is 6.89. The minimum Gasteiger partial charge on any atom is -0.342 e. The van der Waals surface area contributed by atoms with Gasteiger partial charge in [0.25, 0.3) is 0 Å². The van der Waals surface area contributed by atoms with Crippen LogP contribution in [0.1, 0.15) is 65.7 Å². The van der Waals surface area contributed by atoms with Crippen molar-refractivity contribution in [2.24, 2.45) is 11.3 Å². The minimum atomic E-state index is -0.315. The summed E-state index contributed by atoms with van der Waals surface area (Å²) in [5, 5.41) is 0. The summed E-state index contributed by atoms with van der Waals surface area (Å²) in [6, 6.07) is 0. The molecule has 1 aliphatic carbocycles. The van der Waals surface area contributed by atoms with Crippen molar-refractivity contribution in [1.29, 1.82) is 0 Å². The fraction of sp³-hybridized carbons (Fsp3) is 0.895. The lowest BCUT2D eigenvalue weighted by atomic mass is 9.87. The molecule has 5 heteroatoms. The Morgan fingerprint density at radius 1 is 1.00 bits per heavy atom. The maximum absolute atomic E-state index is 13.1. The van der Waals surface area contributed by atoms with Crippen molar-refractivity contribution in [2.75, 3.05) is 25.4 Å². The molecular weight excluding hydrogens is 320 g/mol. The zero-order chi connectivity index (χ0) is 17.4. The van der Waals surface area contributed by atoms with E-state index in [2.05, 4.69) is 4.90 Å². The third-order valence-corrected chi connectivity index (χ3v) is 7.42. The van der Waals surface area contributed by atoms with Gasteiger partial charge in [-0.1, -0.05) is 40.0 Å². The molecule has 1 saturated carbocycles. The lowest BCUT2D eigenvalue weighted by Gasteiger charge is -2.46. The molecule has 4 nitrogen and oxygen atoms in total. The van der Waals surface area contributed by atoms with E-state index >= 15 is 0 Å². The summed E-state index contributed by atoms with van der Waals surface area (Å²) in [4.78, 5) is 29.8. The van der Waals surface area contributed by atoms with Gasteiger partial charge in [0.15, 0.2) is 0 Å². The fourth-order valence-corrected chi connectivity index (χ4v) is 5.90. The molecule has 0 radical (unpaired) electrons. The van der Waals surface area contributed by atoms with E-state index in [9.17, 15) is 9.59 Å². The Morgan fingerprint density at radius 3 is 2.21 bits per heavy atom. The Labute approximate surface area is 150 Å². The number of hydrogen-bond acceptors (Lipinski definition) is 3. The molecule has 3 fully saturated rings. The molecule has 0 bridgehead atoms. The first-order chi connectivity index (χ1) is 11.3. The predicted molar refractivity (Wildman–Crippen MR) is 98.7 cm³/mol. The van der Waals surface area contributed by atoms with E-state index in [1.165, 1.54) is 19.3 Å². The molecule has 24 heavy (non-hydrogen) atoms. The second-order valence-electron chi connectivity index (χ2n) is 8.66. The molecule has 0 unspecified atom stereocenters. The normalized spacial score (nSPS) is 25.3. The molecule has 136 valence electrons. The highest BCUT2D eigenvalue weighted by Crippen LogP contribution is 2.45. The molecule has 0 aromatic heterocycles. The van der Waals surface area contributed by atoms with Crippen molar-refractivity contribution >= 4 is 23.6 Å². The summed E-state index contributed by atoms with van der Waals surface area (Å²) in [6.45, 7) is 8.44. The van der Waals surface area contributed by atoms with E-state index in [0.717, 1.165) is 51.1 Å². The number of hydrogen-bond donors (Lipinski definition) is 0. The molecule has 1 spiro atoms. The van der Waals surface area contributed by atoms with Crippen molar-refractivity contribution in [1.82, 2.24) is 9.80 Å². The van der Waals surface area contributed by atoms with Crippen molar-refractivity contribution in [2.45, 2.75) is 70.6 Å². The third-order valence-electron chi connectivity index (χ3n) is 5.87. The number of nitrogens with zero attached hydrogens (tertiary/aromatic N) is 2. The van der Waals surface area contributed by atoms with Crippen LogP contribution in [0.25, 0.3) is 0 Å². The van der Waals surface area contributed by atoms with Crippen LogP contribution >= 0.6 is 11.8 Å². The van der Waals surface area contributed by atoms with Gasteiger partial charge in [-0.15, -0.1) is 11.8 Å². The zero-order valence-electron chi connectivity index (χ0n) is 15.5. The van der Waals surface area contributed by atoms with Crippen LogP contribution in [0.2, 0.25) is 0 Å². The number of amides is 2. The Kier molecular flexibility index (Phi) is 5.19. The molecule has 3 rings (SSSR count). The molecule has 2 aliphatic heterocycles. The maximum Gasteiger partial charge on any atom is 0.227 e. The molecule has 0 atom stereocenters. The van der Waals surface area contributed by atoms with Gasteiger partial charge < -0.3 is 9.80 Å². The SMILES string of the molecule is CC(C)(C)C(=O)N1CCC2(CC1)SCCN2C(=O)C1CCCCC1. The Hall–Kier alpha value is -0.710. The predicted octanol–water partition coefficient (Wildman–Crippen LogP) is 3.51. The second-order valence-corrected chi connectivity index (χ2v) is 10.1. The monoisotopic (exact) mass is 352 g/mol. The standard InChI is InChI=1S/C19H32N2O2S/c1-18(2,3)17(23)20-11-9-19(10-12-20)21(13-14-24-19)16(22)15-7-5-4-6-8-15/h15H,4-14H2,1-3H3. The van der Waals surface area contributed by atoms with Gasteiger partial charge in [0.05, 0.1) is 4.87 Å². The lowest BCUT2D eigenvalue weighted by molar-refractivity contribution is -0.144. The number of carbonyl (C=O) groups excluding carboxylic acids is 2. The molecule has 3 aliphatic rings. The van der Waals surface area contributed by atoms with Gasteiger partial charge in [-0.3, -0.25) is 9.59 Å². The number of piperidine rings is 1. The molecule has 0 aromatic rings. The van der Waals surface area contributed by atoms with Gasteiger partial charge in [0.1, 0.15) is 0 Å². The van der Waals surface area contributed by atoms with E-state index in [-0.39, 0.29) is 22.1 Å². The molecule has 0 aromatic carbocycles. The molecule has 2 heterocycles. The van der Waals surface area contributed by atoms with Crippen molar-refractivity contribution in [3.63, 3.8) is 0 Å². The number of thioether (sulfide) groups is 1. The quantitative estimate of drug-likeness (QED) is 0.725. The van der Waals surface area contributed by atoms with E-state index in [4.69, 9.17) is 0 Å². The average Bonchev–Trinajstić information content (AvgIpc) is 2.97. The van der Waals surface area contributed by atoms with E-state index in [0.29, 0.717) is 5.91 Å². The van der Waals surface area contributed by atoms with Crippen molar-refractivity contribution in [3.8, 4) is 0 Å². The summed E-state index contributed by atoms with van der Waals surface area (Å²) in [6.07, 6.45) is 7.70. The van der Waals surface area contributed by atoms with Crippen LogP contribution in [0.5, 0.6) is 0 Å². The maximum atomic E-state index is 13.1. The first-order valence-electron chi connectivity index (χ1n) is 9.58. The van der Waals surface area contributed by atoms with Crippen LogP contribution in [-0.2, 0) is 9.59 Å². The van der Waals surface area contributed by atoms with E-state index in [1.54, 1.807) is 0 Å². The van der Waals surface area contributed by atoms with Gasteiger partial charge in [0.2, 0.25) is 11.8 Å². The van der Waals surface area contributed by atoms with Gasteiger partial charge in [-0.2, -0.15) is 0 Å². The van der Waals surface area contributed by atoms with Crippen LogP contribution in [0.3, 0.4) is 0 Å². The third kappa shape index (κ3) is 3.47. The summed E-state index contributed by atoms with van der Waals surface area (Å²) >= 11 is 1.95. The smallest absolute Gasteiger partial charge is 0.227 e. The minimum absolute atomic E-state index is 0.0385. The van der Waals surface area contributed by atoms with E-state index in [1.807, 2.05) is 37.4 Å². The first kappa shape index (κ1) is 18.1. The average molecular weight is 353 g/mol. The highest BCUT2D eigenvalue weighted by atomic mass is 32.2. The molecular formula is C19H32N2O2S. The van der Waals surface area contributed by atoms with E-state index < -0.39 is 0 Å². The number of likely N-dealkylation sites (tertiary alicyclic amines) is 1. The summed E-state index contributed by atoms with van der Waals surface area (Å²) in [7, 11) is 0. The zero-order valence-corrected chi connectivity index (χ0v) is 16.3. The highest BCUT2D eigenvalue weighted by Gasteiger charge is 2.48. The Balaban J connectivity index is 1.65. The molecule has 0 N–H and O–H groups in total. The number of carbonyl (C=O) groups is 2. The van der Waals surface area contributed by atoms with Gasteiger partial charge in [-0.05, 0) is 25.7 Å². The van der Waals surface area contributed by atoms with Gasteiger partial charge in [-0.25, -0.2) is 0 Å². The summed E-state index contributed by atoms with van der Waals surface area (Å²) in [5.74, 6) is 1.94. The lowest BCUT2D eigenvalue weighted by Crippen LogP contribution is -2.56. The summed E-state index contributed by atoms with van der Waals surface area (Å²) in [5.41, 5.74) is -0.315. The number of rotatable bonds is 1. The van der Waals surface area contributed by atoms with Crippen LogP contribution < -0.4 is 0 Å². The molecule has 2 amide bonds. The van der Waals surface area contributed by atoms with Crippen LogP contribution in [-0.4, -0.2) is 51.9 Å². The van der Waals surface area contributed by atoms with Crippen molar-refractivity contribution < 1.29 is 9.59 Å². The summed E-state index contributed by atoms with van der Waals surface area (Å²) < 4.78 is 0. The van der Waals surface area contributed by atoms with Crippen LogP contribution in [0.15, 0.2) is 0 Å². The topological polar surface area (TPSA) is 40.6 Å². The first-order valence-corrected chi connectivity index (χ1v) is 10.6. The fourth-order valence-electron chi connectivity index (χ4n) is 4.44. The van der Waals surface area contributed by atoms with Gasteiger partial charge >= 0.3 is 0 Å². The molecule has 2 saturated heterocycles. The Bertz CT molecular complexity index is 486. The van der Waals surface area contributed by atoms with Crippen molar-refractivity contribution in [3.05, 3.63) is 0 Å². The van der Waals surface area contributed by atoms with Crippen LogP contribution in [0, 0.1) is 11.3 Å².